The minimum atomic E-state index is -1.65. The molecule has 0 saturated heterocycles. The summed E-state index contributed by atoms with van der Waals surface area (Å²) in [5.74, 6) is -0.949. The summed E-state index contributed by atoms with van der Waals surface area (Å²) in [5, 5.41) is 19.7. The molecule has 0 aliphatic rings. The molecule has 0 amide bonds. The maximum atomic E-state index is 8.36. The van der Waals surface area contributed by atoms with Crippen LogP contribution in [0.3, 0.4) is 0 Å². The molecule has 0 saturated carbocycles. The van der Waals surface area contributed by atoms with Crippen LogP contribution < -0.4 is 0 Å². The van der Waals surface area contributed by atoms with Crippen LogP contribution in [0.4, 0.5) is 0 Å². The monoisotopic (exact) mass is 127 g/mol. The molecule has 48 valence electrons. The second kappa shape index (κ2) is 3.97. The fourth-order valence-corrected chi connectivity index (χ4v) is 0.288. The zero-order chi connectivity index (χ0) is 7.28. The van der Waals surface area contributed by atoms with Gasteiger partial charge in [0.1, 0.15) is 0 Å². The van der Waals surface area contributed by atoms with Crippen LogP contribution >= 0.6 is 0 Å². The van der Waals surface area contributed by atoms with Crippen molar-refractivity contribution in [2.45, 2.75) is 5.94 Å². The Morgan fingerprint density at radius 2 is 2.33 bits per heavy atom. The van der Waals surface area contributed by atoms with Crippen LogP contribution in [0.15, 0.2) is 17.8 Å². The van der Waals surface area contributed by atoms with Gasteiger partial charge in [0.2, 0.25) is 0 Å². The highest BCUT2D eigenvalue weighted by Crippen LogP contribution is 1.92. The van der Waals surface area contributed by atoms with Crippen molar-refractivity contribution in [3.63, 3.8) is 0 Å². The van der Waals surface area contributed by atoms with Crippen LogP contribution in [-0.2, 0) is 0 Å². The highest BCUT2D eigenvalue weighted by atomic mass is 16.4. The molecule has 0 aliphatic carbocycles. The highest BCUT2D eigenvalue weighted by Gasteiger charge is 2.17. The zero-order valence-electron chi connectivity index (χ0n) is 4.68. The lowest BCUT2D eigenvalue weighted by molar-refractivity contribution is 0.397. The maximum Gasteiger partial charge on any atom is 0.464 e. The topological polar surface area (TPSA) is 89.2 Å². The van der Waals surface area contributed by atoms with Gasteiger partial charge in [-0.1, -0.05) is 11.2 Å². The van der Waals surface area contributed by atoms with Crippen molar-refractivity contribution >= 4 is 7.12 Å². The van der Waals surface area contributed by atoms with E-state index in [2.05, 4.69) is 16.6 Å². The summed E-state index contributed by atoms with van der Waals surface area (Å²) >= 11 is 0. The SMILES string of the molecule is C=CC(N=[N+]=[N-])B(O)O. The van der Waals surface area contributed by atoms with Crippen molar-refractivity contribution in [2.24, 2.45) is 5.11 Å². The normalized spacial score (nSPS) is 11.3. The molecule has 0 bridgehead atoms. The summed E-state index contributed by atoms with van der Waals surface area (Å²) in [4.78, 5) is 2.36. The van der Waals surface area contributed by atoms with Gasteiger partial charge in [-0.15, -0.1) is 6.58 Å². The first kappa shape index (κ1) is 8.03. The molecule has 0 aromatic carbocycles. The molecular weight excluding hydrogens is 121 g/mol. The average molecular weight is 127 g/mol. The third-order valence-electron chi connectivity index (χ3n) is 0.732. The molecule has 0 rings (SSSR count). The van der Waals surface area contributed by atoms with Gasteiger partial charge >= 0.3 is 7.12 Å². The minimum Gasteiger partial charge on any atom is -0.427 e. The Morgan fingerprint density at radius 1 is 1.78 bits per heavy atom. The first-order valence-corrected chi connectivity index (χ1v) is 2.25. The van der Waals surface area contributed by atoms with Gasteiger partial charge in [0.15, 0.2) is 0 Å². The maximum absolute atomic E-state index is 8.36. The summed E-state index contributed by atoms with van der Waals surface area (Å²) < 4.78 is 0. The second-order valence-electron chi connectivity index (χ2n) is 1.34. The van der Waals surface area contributed by atoms with E-state index in [9.17, 15) is 0 Å². The fourth-order valence-electron chi connectivity index (χ4n) is 0.288. The van der Waals surface area contributed by atoms with Crippen LogP contribution in [0, 0.1) is 0 Å². The van der Waals surface area contributed by atoms with Crippen LogP contribution in [0.5, 0.6) is 0 Å². The third kappa shape index (κ3) is 2.76. The van der Waals surface area contributed by atoms with Crippen LogP contribution in [0.1, 0.15) is 0 Å². The van der Waals surface area contributed by atoms with E-state index in [1.54, 1.807) is 0 Å². The zero-order valence-corrected chi connectivity index (χ0v) is 4.68. The number of rotatable bonds is 3. The van der Waals surface area contributed by atoms with E-state index in [-0.39, 0.29) is 0 Å². The summed E-state index contributed by atoms with van der Waals surface area (Å²) in [6.07, 6.45) is 1.16. The molecule has 0 radical (unpaired) electrons. The van der Waals surface area contributed by atoms with E-state index in [0.29, 0.717) is 0 Å². The molecule has 0 fully saturated rings. The minimum absolute atomic E-state index is 0.949. The predicted octanol–water partition coefficient (Wildman–Crippen LogP) is -0.137. The number of hydrogen-bond acceptors (Lipinski definition) is 3. The fraction of sp³-hybridized carbons (Fsp3) is 0.333. The lowest BCUT2D eigenvalue weighted by Gasteiger charge is -1.99. The average Bonchev–Trinajstić information content (AvgIpc) is 1.82. The number of azide groups is 1. The van der Waals surface area contributed by atoms with Crippen molar-refractivity contribution in [2.75, 3.05) is 0 Å². The molecule has 1 unspecified atom stereocenters. The summed E-state index contributed by atoms with van der Waals surface area (Å²) in [5.41, 5.74) is 7.80. The second-order valence-corrected chi connectivity index (χ2v) is 1.34. The van der Waals surface area contributed by atoms with E-state index in [1.807, 2.05) is 0 Å². The Kier molecular flexibility index (Phi) is 3.54. The van der Waals surface area contributed by atoms with E-state index >= 15 is 0 Å². The van der Waals surface area contributed by atoms with Gasteiger partial charge in [-0.05, 0) is 5.53 Å². The third-order valence-corrected chi connectivity index (χ3v) is 0.732. The van der Waals surface area contributed by atoms with Crippen molar-refractivity contribution in [1.29, 1.82) is 0 Å². The molecule has 6 heteroatoms. The largest absolute Gasteiger partial charge is 0.464 e. The molecular formula is C3H6BN3O2. The summed E-state index contributed by atoms with van der Waals surface area (Å²) in [6.45, 7) is 3.22. The molecule has 5 nitrogen and oxygen atoms in total. The lowest BCUT2D eigenvalue weighted by atomic mass is 9.80. The Bertz CT molecular complexity index is 142. The summed E-state index contributed by atoms with van der Waals surface area (Å²) in [7, 11) is -1.65. The van der Waals surface area contributed by atoms with E-state index < -0.39 is 13.1 Å². The number of hydrogen-bond donors (Lipinski definition) is 2. The van der Waals surface area contributed by atoms with Gasteiger partial charge in [0.25, 0.3) is 0 Å². The molecule has 0 aromatic rings. The first-order valence-electron chi connectivity index (χ1n) is 2.25. The molecule has 0 aromatic heterocycles. The molecule has 0 heterocycles. The van der Waals surface area contributed by atoms with E-state index in [4.69, 9.17) is 15.6 Å². The lowest BCUT2D eigenvalue weighted by Crippen LogP contribution is -2.26. The Balaban J connectivity index is 3.97. The van der Waals surface area contributed by atoms with Crippen LogP contribution in [0.2, 0.25) is 0 Å². The van der Waals surface area contributed by atoms with Crippen molar-refractivity contribution in [3.05, 3.63) is 23.1 Å². The first-order chi connectivity index (χ1) is 4.22. The van der Waals surface area contributed by atoms with Crippen molar-refractivity contribution < 1.29 is 10.0 Å². The van der Waals surface area contributed by atoms with E-state index in [0.717, 1.165) is 6.08 Å². The molecule has 0 aliphatic heterocycles. The Hall–Kier alpha value is -0.965. The Labute approximate surface area is 52.4 Å². The van der Waals surface area contributed by atoms with E-state index in [1.165, 1.54) is 0 Å². The van der Waals surface area contributed by atoms with Crippen molar-refractivity contribution in [1.82, 2.24) is 0 Å². The highest BCUT2D eigenvalue weighted by molar-refractivity contribution is 6.44. The number of nitrogens with zero attached hydrogens (tertiary/aromatic N) is 3. The van der Waals surface area contributed by atoms with Gasteiger partial charge < -0.3 is 10.0 Å². The predicted molar refractivity (Wildman–Crippen MR) is 33.3 cm³/mol. The van der Waals surface area contributed by atoms with Gasteiger partial charge in [-0.3, -0.25) is 0 Å². The van der Waals surface area contributed by atoms with Gasteiger partial charge in [0, 0.05) is 4.91 Å². The van der Waals surface area contributed by atoms with Crippen LogP contribution in [-0.4, -0.2) is 23.1 Å². The van der Waals surface area contributed by atoms with Gasteiger partial charge in [-0.2, -0.15) is 0 Å². The summed E-state index contributed by atoms with van der Waals surface area (Å²) in [6, 6.07) is 0. The van der Waals surface area contributed by atoms with Crippen molar-refractivity contribution in [3.8, 4) is 0 Å². The standard InChI is InChI=1S/C3H6BN3O2/c1-2-3(4(8)9)6-7-5/h2-3,8-9H,1H2. The molecule has 2 N–H and O–H groups in total. The molecule has 0 spiro atoms. The molecule has 1 atom stereocenters. The quantitative estimate of drug-likeness (QED) is 0.181. The smallest absolute Gasteiger partial charge is 0.427 e. The van der Waals surface area contributed by atoms with Gasteiger partial charge in [0.05, 0.1) is 5.94 Å². The molecule has 9 heavy (non-hydrogen) atoms. The Morgan fingerprint density at radius 3 is 2.44 bits per heavy atom. The van der Waals surface area contributed by atoms with Gasteiger partial charge in [-0.25, -0.2) is 0 Å². The van der Waals surface area contributed by atoms with Crippen LogP contribution in [0.25, 0.3) is 10.4 Å².